The fraction of sp³-hybridized carbons (Fsp3) is 0.824. The lowest BCUT2D eigenvalue weighted by molar-refractivity contribution is -0.135. The van der Waals surface area contributed by atoms with Gasteiger partial charge in [-0.15, -0.1) is 12.3 Å². The van der Waals surface area contributed by atoms with E-state index in [0.29, 0.717) is 24.7 Å². The summed E-state index contributed by atoms with van der Waals surface area (Å²) < 4.78 is 5.47. The summed E-state index contributed by atoms with van der Waals surface area (Å²) in [6.45, 7) is 3.55. The molecule has 1 amide bonds. The van der Waals surface area contributed by atoms with Gasteiger partial charge in [-0.2, -0.15) is 10.2 Å². The molecule has 5 heteroatoms. The van der Waals surface area contributed by atoms with Crippen LogP contribution < -0.4 is 0 Å². The Morgan fingerprint density at radius 3 is 2.41 bits per heavy atom. The maximum Gasteiger partial charge on any atom is 0.222 e. The van der Waals surface area contributed by atoms with Crippen molar-refractivity contribution in [1.82, 2.24) is 4.90 Å². The third-order valence-electron chi connectivity index (χ3n) is 5.52. The van der Waals surface area contributed by atoms with E-state index in [-0.39, 0.29) is 11.6 Å². The van der Waals surface area contributed by atoms with E-state index in [9.17, 15) is 4.79 Å². The average molecular weight is 303 g/mol. The van der Waals surface area contributed by atoms with Crippen LogP contribution in [0, 0.1) is 17.8 Å². The summed E-state index contributed by atoms with van der Waals surface area (Å²) in [4.78, 5) is 14.4. The predicted molar refractivity (Wildman–Crippen MR) is 83.2 cm³/mol. The molecule has 0 aromatic rings. The Morgan fingerprint density at radius 2 is 1.82 bits per heavy atom. The molecule has 1 spiro atoms. The standard InChI is InChI=1S/C17H25N3O2/c1-2-3-5-17(18-19-17)6-4-15(21)20-11-7-16(8-12-20)9-13-22-14-10-16/h1H,3-14H2. The van der Waals surface area contributed by atoms with Crippen molar-refractivity contribution in [2.24, 2.45) is 15.6 Å². The molecule has 5 nitrogen and oxygen atoms in total. The number of ether oxygens (including phenoxy) is 1. The summed E-state index contributed by atoms with van der Waals surface area (Å²) in [7, 11) is 0. The first-order valence-electron chi connectivity index (χ1n) is 8.40. The number of carbonyl (C=O) groups excluding carboxylic acids is 1. The molecule has 0 radical (unpaired) electrons. The summed E-state index contributed by atoms with van der Waals surface area (Å²) in [5.74, 6) is 2.87. The number of hydrogen-bond donors (Lipinski definition) is 0. The Hall–Kier alpha value is -1.41. The van der Waals surface area contributed by atoms with Crippen LogP contribution in [0.5, 0.6) is 0 Å². The highest BCUT2D eigenvalue weighted by Gasteiger charge is 2.41. The second-order valence-corrected chi connectivity index (χ2v) is 6.88. The molecule has 0 unspecified atom stereocenters. The third-order valence-corrected chi connectivity index (χ3v) is 5.52. The average Bonchev–Trinajstić information content (AvgIpc) is 3.33. The lowest BCUT2D eigenvalue weighted by Crippen LogP contribution is -2.45. The first-order chi connectivity index (χ1) is 10.7. The zero-order valence-electron chi connectivity index (χ0n) is 13.2. The second-order valence-electron chi connectivity index (χ2n) is 6.88. The van der Waals surface area contributed by atoms with Crippen LogP contribution >= 0.6 is 0 Å². The van der Waals surface area contributed by atoms with Gasteiger partial charge in [0.05, 0.1) is 0 Å². The van der Waals surface area contributed by atoms with Crippen LogP contribution in [0.4, 0.5) is 0 Å². The number of piperidine rings is 1. The van der Waals surface area contributed by atoms with Crippen LogP contribution in [0.1, 0.15) is 51.4 Å². The largest absolute Gasteiger partial charge is 0.381 e. The molecule has 0 bridgehead atoms. The Balaban J connectivity index is 1.41. The second kappa shape index (κ2) is 6.37. The van der Waals surface area contributed by atoms with Crippen LogP contribution in [0.15, 0.2) is 10.2 Å². The number of rotatable bonds is 5. The molecule has 3 aliphatic heterocycles. The number of terminal acetylenes is 1. The van der Waals surface area contributed by atoms with E-state index in [1.807, 2.05) is 4.90 Å². The molecule has 0 atom stereocenters. The van der Waals surface area contributed by atoms with Gasteiger partial charge in [-0.25, -0.2) is 0 Å². The van der Waals surface area contributed by atoms with Crippen molar-refractivity contribution in [3.63, 3.8) is 0 Å². The van der Waals surface area contributed by atoms with E-state index in [2.05, 4.69) is 16.1 Å². The maximum absolute atomic E-state index is 12.4. The Bertz CT molecular complexity index is 473. The van der Waals surface area contributed by atoms with Crippen molar-refractivity contribution in [2.75, 3.05) is 26.3 Å². The zero-order valence-corrected chi connectivity index (χ0v) is 13.2. The van der Waals surface area contributed by atoms with Gasteiger partial charge in [0.2, 0.25) is 5.91 Å². The van der Waals surface area contributed by atoms with Crippen molar-refractivity contribution in [3.8, 4) is 12.3 Å². The van der Waals surface area contributed by atoms with Gasteiger partial charge in [-0.05, 0) is 31.1 Å². The Morgan fingerprint density at radius 1 is 1.14 bits per heavy atom. The van der Waals surface area contributed by atoms with E-state index < -0.39 is 0 Å². The van der Waals surface area contributed by atoms with Crippen LogP contribution in [-0.2, 0) is 9.53 Å². The van der Waals surface area contributed by atoms with E-state index in [1.54, 1.807) is 0 Å². The molecule has 2 saturated heterocycles. The maximum atomic E-state index is 12.4. The fourth-order valence-corrected chi connectivity index (χ4v) is 3.67. The van der Waals surface area contributed by atoms with Crippen molar-refractivity contribution < 1.29 is 9.53 Å². The number of carbonyl (C=O) groups is 1. The minimum absolute atomic E-state index is 0.249. The van der Waals surface area contributed by atoms with Crippen molar-refractivity contribution in [1.29, 1.82) is 0 Å². The van der Waals surface area contributed by atoms with Gasteiger partial charge in [-0.1, -0.05) is 0 Å². The molecule has 3 rings (SSSR count). The summed E-state index contributed by atoms with van der Waals surface area (Å²) in [6, 6.07) is 0. The lowest BCUT2D eigenvalue weighted by Gasteiger charge is -2.44. The number of nitrogens with zero attached hydrogens (tertiary/aromatic N) is 3. The van der Waals surface area contributed by atoms with E-state index in [1.165, 1.54) is 0 Å². The smallest absolute Gasteiger partial charge is 0.222 e. The van der Waals surface area contributed by atoms with E-state index in [4.69, 9.17) is 11.2 Å². The summed E-state index contributed by atoms with van der Waals surface area (Å²) >= 11 is 0. The number of hydrogen-bond acceptors (Lipinski definition) is 4. The molecule has 3 heterocycles. The lowest BCUT2D eigenvalue weighted by atomic mass is 9.72. The molecule has 2 fully saturated rings. The SMILES string of the molecule is C#CCCC1(CCC(=O)N2CCC3(CCOCC3)CC2)N=N1. The van der Waals surface area contributed by atoms with Crippen LogP contribution in [-0.4, -0.2) is 42.8 Å². The minimum Gasteiger partial charge on any atom is -0.381 e. The van der Waals surface area contributed by atoms with Crippen molar-refractivity contribution >= 4 is 5.91 Å². The fourth-order valence-electron chi connectivity index (χ4n) is 3.67. The molecule has 0 aliphatic carbocycles. The third kappa shape index (κ3) is 3.49. The number of amides is 1. The van der Waals surface area contributed by atoms with E-state index >= 15 is 0 Å². The quantitative estimate of drug-likeness (QED) is 0.733. The molecule has 0 aromatic carbocycles. The molecule has 0 N–H and O–H groups in total. The van der Waals surface area contributed by atoms with Crippen molar-refractivity contribution in [3.05, 3.63) is 0 Å². The van der Waals surface area contributed by atoms with E-state index in [0.717, 1.165) is 58.4 Å². The summed E-state index contributed by atoms with van der Waals surface area (Å²) in [5, 5.41) is 8.20. The van der Waals surface area contributed by atoms with Crippen LogP contribution in [0.25, 0.3) is 0 Å². The van der Waals surface area contributed by atoms with Gasteiger partial charge in [0.25, 0.3) is 0 Å². The monoisotopic (exact) mass is 303 g/mol. The van der Waals surface area contributed by atoms with Crippen molar-refractivity contribution in [2.45, 2.75) is 57.0 Å². The molecular weight excluding hydrogens is 278 g/mol. The van der Waals surface area contributed by atoms with Gasteiger partial charge >= 0.3 is 0 Å². The molecule has 0 saturated carbocycles. The van der Waals surface area contributed by atoms with Gasteiger partial charge in [0.1, 0.15) is 0 Å². The molecule has 3 aliphatic rings. The van der Waals surface area contributed by atoms with Gasteiger partial charge in [-0.3, -0.25) is 4.79 Å². The molecule has 120 valence electrons. The predicted octanol–water partition coefficient (Wildman–Crippen LogP) is 2.76. The topological polar surface area (TPSA) is 54.3 Å². The summed E-state index contributed by atoms with van der Waals surface area (Å²) in [5.41, 5.74) is 0.101. The van der Waals surface area contributed by atoms with Crippen LogP contribution in [0.2, 0.25) is 0 Å². The van der Waals surface area contributed by atoms with Gasteiger partial charge in [0.15, 0.2) is 5.66 Å². The normalized spacial score (nSPS) is 25.0. The van der Waals surface area contributed by atoms with Gasteiger partial charge < -0.3 is 9.64 Å². The molecule has 22 heavy (non-hydrogen) atoms. The molecule has 0 aromatic heterocycles. The highest BCUT2D eigenvalue weighted by molar-refractivity contribution is 5.76. The zero-order chi connectivity index (χ0) is 15.5. The molecular formula is C17H25N3O2. The summed E-state index contributed by atoms with van der Waals surface area (Å²) in [6.07, 6.45) is 12.5. The highest BCUT2D eigenvalue weighted by Crippen LogP contribution is 2.41. The highest BCUT2D eigenvalue weighted by atomic mass is 16.5. The van der Waals surface area contributed by atoms with Gasteiger partial charge in [0, 0.05) is 52.0 Å². The Labute approximate surface area is 132 Å². The Kier molecular flexibility index (Phi) is 4.49. The van der Waals surface area contributed by atoms with Crippen LogP contribution in [0.3, 0.4) is 0 Å². The minimum atomic E-state index is -0.334. The first-order valence-corrected chi connectivity index (χ1v) is 8.40. The first kappa shape index (κ1) is 15.5. The number of likely N-dealkylation sites (tertiary alicyclic amines) is 1.